The van der Waals surface area contributed by atoms with Gasteiger partial charge in [0.15, 0.2) is 10.8 Å². The molecule has 0 aliphatic heterocycles. The molecule has 2 aromatic rings. The van der Waals surface area contributed by atoms with Crippen LogP contribution in [0.2, 0.25) is 0 Å². The number of thiazole rings is 1. The third-order valence-corrected chi connectivity index (χ3v) is 3.56. The molecule has 0 spiro atoms. The van der Waals surface area contributed by atoms with Crippen molar-refractivity contribution in [1.29, 1.82) is 0 Å². The highest BCUT2D eigenvalue weighted by Crippen LogP contribution is 2.23. The Hall–Kier alpha value is -1.66. The number of aliphatic hydroxyl groups is 1. The minimum absolute atomic E-state index is 0.225. The van der Waals surface area contributed by atoms with Gasteiger partial charge in [0.25, 0.3) is 5.91 Å². The molecule has 0 fully saturated rings. The van der Waals surface area contributed by atoms with Gasteiger partial charge in [-0.3, -0.25) is 4.79 Å². The number of carbonyl (C=O) groups excluding carboxylic acids is 1. The number of hydrogen-bond donors (Lipinski definition) is 2. The van der Waals surface area contributed by atoms with Gasteiger partial charge in [0.05, 0.1) is 12.4 Å². The monoisotopic (exact) mass is 280 g/mol. The van der Waals surface area contributed by atoms with Gasteiger partial charge in [-0.25, -0.2) is 4.98 Å². The SMILES string of the molecule is CCC(O)CCNC(=O)c1csc(-c2ccco2)n1. The molecule has 1 unspecified atom stereocenters. The molecule has 2 rings (SSSR count). The fourth-order valence-corrected chi connectivity index (χ4v) is 2.30. The molecule has 0 bridgehead atoms. The summed E-state index contributed by atoms with van der Waals surface area (Å²) in [6.07, 6.45) is 2.45. The maximum Gasteiger partial charge on any atom is 0.270 e. The van der Waals surface area contributed by atoms with E-state index in [0.29, 0.717) is 35.8 Å². The zero-order valence-electron chi connectivity index (χ0n) is 10.6. The summed E-state index contributed by atoms with van der Waals surface area (Å²) < 4.78 is 5.22. The van der Waals surface area contributed by atoms with Crippen LogP contribution in [0.4, 0.5) is 0 Å². The fourth-order valence-electron chi connectivity index (χ4n) is 1.54. The lowest BCUT2D eigenvalue weighted by Gasteiger charge is -2.07. The Kier molecular flexibility index (Phi) is 4.70. The van der Waals surface area contributed by atoms with E-state index in [1.807, 2.05) is 6.92 Å². The number of amides is 1. The van der Waals surface area contributed by atoms with Crippen molar-refractivity contribution in [2.24, 2.45) is 0 Å². The number of carbonyl (C=O) groups is 1. The largest absolute Gasteiger partial charge is 0.462 e. The van der Waals surface area contributed by atoms with Crippen molar-refractivity contribution in [2.45, 2.75) is 25.9 Å². The van der Waals surface area contributed by atoms with E-state index in [4.69, 9.17) is 4.42 Å². The summed E-state index contributed by atoms with van der Waals surface area (Å²) in [4.78, 5) is 16.0. The minimum atomic E-state index is -0.366. The average molecular weight is 280 g/mol. The fraction of sp³-hybridized carbons (Fsp3) is 0.385. The van der Waals surface area contributed by atoms with Crippen LogP contribution in [0.15, 0.2) is 28.2 Å². The van der Waals surface area contributed by atoms with Crippen molar-refractivity contribution >= 4 is 17.2 Å². The van der Waals surface area contributed by atoms with E-state index < -0.39 is 0 Å². The summed E-state index contributed by atoms with van der Waals surface area (Å²) in [5.74, 6) is 0.433. The standard InChI is InChI=1S/C13H16N2O3S/c1-2-9(16)5-6-14-12(17)10-8-19-13(15-10)11-4-3-7-18-11/h3-4,7-9,16H,2,5-6H2,1H3,(H,14,17). The highest BCUT2D eigenvalue weighted by atomic mass is 32.1. The second-order valence-corrected chi connectivity index (χ2v) is 4.98. The molecule has 0 saturated heterocycles. The van der Waals surface area contributed by atoms with E-state index in [0.717, 1.165) is 0 Å². The van der Waals surface area contributed by atoms with Gasteiger partial charge in [-0.15, -0.1) is 11.3 Å². The number of aliphatic hydroxyl groups excluding tert-OH is 1. The van der Waals surface area contributed by atoms with Crippen LogP contribution in [0.1, 0.15) is 30.3 Å². The van der Waals surface area contributed by atoms with E-state index in [2.05, 4.69) is 10.3 Å². The maximum absolute atomic E-state index is 11.8. The van der Waals surface area contributed by atoms with Gasteiger partial charge in [-0.2, -0.15) is 0 Å². The molecule has 5 nitrogen and oxygen atoms in total. The minimum Gasteiger partial charge on any atom is -0.462 e. The molecule has 2 aromatic heterocycles. The Balaban J connectivity index is 1.90. The van der Waals surface area contributed by atoms with Crippen LogP contribution in [-0.2, 0) is 0 Å². The molecule has 102 valence electrons. The Labute approximate surface area is 115 Å². The summed E-state index contributed by atoms with van der Waals surface area (Å²) in [5.41, 5.74) is 0.377. The predicted molar refractivity (Wildman–Crippen MR) is 73.1 cm³/mol. The second-order valence-electron chi connectivity index (χ2n) is 4.12. The summed E-state index contributed by atoms with van der Waals surface area (Å²) in [5, 5.41) is 14.5. The number of nitrogens with one attached hydrogen (secondary N) is 1. The number of furan rings is 1. The summed E-state index contributed by atoms with van der Waals surface area (Å²) in [6, 6.07) is 3.58. The molecule has 1 atom stereocenters. The van der Waals surface area contributed by atoms with Crippen molar-refractivity contribution in [1.82, 2.24) is 10.3 Å². The number of hydrogen-bond acceptors (Lipinski definition) is 5. The average Bonchev–Trinajstić information content (AvgIpc) is 3.08. The van der Waals surface area contributed by atoms with Crippen LogP contribution >= 0.6 is 11.3 Å². The third kappa shape index (κ3) is 3.65. The van der Waals surface area contributed by atoms with Gasteiger partial charge in [0.1, 0.15) is 5.69 Å². The van der Waals surface area contributed by atoms with E-state index >= 15 is 0 Å². The zero-order chi connectivity index (χ0) is 13.7. The third-order valence-electron chi connectivity index (χ3n) is 2.70. The predicted octanol–water partition coefficient (Wildman–Crippen LogP) is 2.29. The van der Waals surface area contributed by atoms with Crippen molar-refractivity contribution in [3.8, 4) is 10.8 Å². The van der Waals surface area contributed by atoms with Crippen molar-refractivity contribution in [2.75, 3.05) is 6.54 Å². The molecule has 0 aromatic carbocycles. The molecular weight excluding hydrogens is 264 g/mol. The topological polar surface area (TPSA) is 75.4 Å². The highest BCUT2D eigenvalue weighted by Gasteiger charge is 2.13. The molecule has 2 heterocycles. The zero-order valence-corrected chi connectivity index (χ0v) is 11.4. The molecule has 1 amide bonds. The van der Waals surface area contributed by atoms with Crippen LogP contribution in [0.3, 0.4) is 0 Å². The molecule has 0 radical (unpaired) electrons. The van der Waals surface area contributed by atoms with Crippen LogP contribution in [0.25, 0.3) is 10.8 Å². The van der Waals surface area contributed by atoms with Crippen molar-refractivity contribution in [3.63, 3.8) is 0 Å². The van der Waals surface area contributed by atoms with Gasteiger partial charge in [0, 0.05) is 11.9 Å². The molecule has 0 aliphatic carbocycles. The molecule has 19 heavy (non-hydrogen) atoms. The first-order chi connectivity index (χ1) is 9.20. The van der Waals surface area contributed by atoms with Gasteiger partial charge < -0.3 is 14.8 Å². The Morgan fingerprint density at radius 3 is 3.16 bits per heavy atom. The van der Waals surface area contributed by atoms with Crippen LogP contribution in [0, 0.1) is 0 Å². The Morgan fingerprint density at radius 1 is 1.63 bits per heavy atom. The summed E-state index contributed by atoms with van der Waals surface area (Å²) in [6.45, 7) is 2.35. The first-order valence-electron chi connectivity index (χ1n) is 6.16. The lowest BCUT2D eigenvalue weighted by Crippen LogP contribution is -2.27. The normalized spacial score (nSPS) is 12.3. The lowest BCUT2D eigenvalue weighted by atomic mass is 10.2. The quantitative estimate of drug-likeness (QED) is 0.851. The van der Waals surface area contributed by atoms with Crippen molar-refractivity contribution < 1.29 is 14.3 Å². The number of nitrogens with zero attached hydrogens (tertiary/aromatic N) is 1. The van der Waals surface area contributed by atoms with Gasteiger partial charge in [-0.1, -0.05) is 6.92 Å². The first kappa shape index (κ1) is 13.8. The number of rotatable bonds is 6. The van der Waals surface area contributed by atoms with E-state index in [1.165, 1.54) is 11.3 Å². The molecule has 0 aliphatic rings. The molecule has 0 saturated carbocycles. The Morgan fingerprint density at radius 2 is 2.47 bits per heavy atom. The van der Waals surface area contributed by atoms with Gasteiger partial charge in [0.2, 0.25) is 0 Å². The first-order valence-corrected chi connectivity index (χ1v) is 7.04. The number of aromatic nitrogens is 1. The summed E-state index contributed by atoms with van der Waals surface area (Å²) in [7, 11) is 0. The van der Waals surface area contributed by atoms with E-state index in [9.17, 15) is 9.90 Å². The lowest BCUT2D eigenvalue weighted by molar-refractivity contribution is 0.0938. The van der Waals surface area contributed by atoms with Gasteiger partial charge in [-0.05, 0) is 25.0 Å². The van der Waals surface area contributed by atoms with E-state index in [1.54, 1.807) is 23.8 Å². The summed E-state index contributed by atoms with van der Waals surface area (Å²) >= 11 is 1.36. The van der Waals surface area contributed by atoms with Crippen LogP contribution in [0.5, 0.6) is 0 Å². The molecule has 2 N–H and O–H groups in total. The van der Waals surface area contributed by atoms with E-state index in [-0.39, 0.29) is 12.0 Å². The smallest absolute Gasteiger partial charge is 0.270 e. The Bertz CT molecular complexity index is 522. The van der Waals surface area contributed by atoms with Gasteiger partial charge >= 0.3 is 0 Å². The second kappa shape index (κ2) is 6.49. The maximum atomic E-state index is 11.8. The molecule has 6 heteroatoms. The van der Waals surface area contributed by atoms with Crippen LogP contribution in [-0.4, -0.2) is 28.6 Å². The molecular formula is C13H16N2O3S. The van der Waals surface area contributed by atoms with Crippen LogP contribution < -0.4 is 5.32 Å². The van der Waals surface area contributed by atoms with Crippen molar-refractivity contribution in [3.05, 3.63) is 29.5 Å². The highest BCUT2D eigenvalue weighted by molar-refractivity contribution is 7.13.